The van der Waals surface area contributed by atoms with E-state index in [9.17, 15) is 4.79 Å². The Kier molecular flexibility index (Phi) is 5.06. The Balaban J connectivity index is 3.75. The lowest BCUT2D eigenvalue weighted by Crippen LogP contribution is -2.14. The second-order valence-corrected chi connectivity index (χ2v) is 2.64. The predicted molar refractivity (Wildman–Crippen MR) is 42.4 cm³/mol. The highest BCUT2D eigenvalue weighted by Crippen LogP contribution is 2.09. The van der Waals surface area contributed by atoms with Crippen LogP contribution in [0.15, 0.2) is 0 Å². The highest BCUT2D eigenvalue weighted by atomic mass is 16.5. The number of carboxylic acids is 1. The second kappa shape index (κ2) is 5.56. The van der Waals surface area contributed by atoms with Crippen LogP contribution in [0.5, 0.6) is 0 Å². The molecule has 0 spiro atoms. The number of methoxy groups -OCH3 is 1. The molecule has 0 aromatic carbocycles. The minimum Gasteiger partial charge on any atom is -0.480 e. The van der Waals surface area contributed by atoms with Gasteiger partial charge in [0.2, 0.25) is 0 Å². The number of carbonyl (C=O) groups is 1. The SMILES string of the molecule is COC(C)CCC(C#N)C(=O)O. The molecule has 0 aromatic heterocycles. The number of ether oxygens (including phenoxy) is 1. The third-order valence-electron chi connectivity index (χ3n) is 1.72. The van der Waals surface area contributed by atoms with Crippen LogP contribution < -0.4 is 0 Å². The van der Waals surface area contributed by atoms with Crippen LogP contribution in [0.1, 0.15) is 19.8 Å². The number of rotatable bonds is 5. The molecule has 0 aliphatic heterocycles. The molecule has 4 heteroatoms. The van der Waals surface area contributed by atoms with Crippen molar-refractivity contribution in [3.8, 4) is 6.07 Å². The van der Waals surface area contributed by atoms with Crippen LogP contribution in [0.4, 0.5) is 0 Å². The Morgan fingerprint density at radius 2 is 2.25 bits per heavy atom. The molecule has 0 aromatic rings. The van der Waals surface area contributed by atoms with E-state index in [4.69, 9.17) is 15.1 Å². The van der Waals surface area contributed by atoms with E-state index >= 15 is 0 Å². The average Bonchev–Trinajstić information content (AvgIpc) is 2.04. The number of aliphatic carboxylic acids is 1. The van der Waals surface area contributed by atoms with Crippen LogP contribution in [0.2, 0.25) is 0 Å². The van der Waals surface area contributed by atoms with Crippen LogP contribution >= 0.6 is 0 Å². The van der Waals surface area contributed by atoms with E-state index in [1.807, 2.05) is 6.92 Å². The molecule has 4 nitrogen and oxygen atoms in total. The molecule has 0 heterocycles. The van der Waals surface area contributed by atoms with Crippen LogP contribution in [-0.2, 0) is 9.53 Å². The average molecular weight is 171 g/mol. The minimum absolute atomic E-state index is 0.0141. The second-order valence-electron chi connectivity index (χ2n) is 2.64. The van der Waals surface area contributed by atoms with E-state index in [-0.39, 0.29) is 6.10 Å². The molecule has 0 fully saturated rings. The van der Waals surface area contributed by atoms with Gasteiger partial charge in [-0.2, -0.15) is 5.26 Å². The first-order valence-corrected chi connectivity index (χ1v) is 3.77. The van der Waals surface area contributed by atoms with Crippen molar-refractivity contribution in [1.82, 2.24) is 0 Å². The van der Waals surface area contributed by atoms with Crippen molar-refractivity contribution in [3.05, 3.63) is 0 Å². The van der Waals surface area contributed by atoms with Crippen LogP contribution in [-0.4, -0.2) is 24.3 Å². The number of nitriles is 1. The lowest BCUT2D eigenvalue weighted by atomic mass is 10.0. The van der Waals surface area contributed by atoms with Gasteiger partial charge in [0.15, 0.2) is 0 Å². The first-order valence-electron chi connectivity index (χ1n) is 3.77. The Morgan fingerprint density at radius 3 is 2.58 bits per heavy atom. The fourth-order valence-corrected chi connectivity index (χ4v) is 0.762. The molecule has 0 radical (unpaired) electrons. The zero-order chi connectivity index (χ0) is 9.56. The summed E-state index contributed by atoms with van der Waals surface area (Å²) in [5.41, 5.74) is 0. The molecule has 12 heavy (non-hydrogen) atoms. The summed E-state index contributed by atoms with van der Waals surface area (Å²) in [5, 5.41) is 16.9. The Labute approximate surface area is 71.8 Å². The van der Waals surface area contributed by atoms with E-state index in [0.29, 0.717) is 12.8 Å². The molecule has 0 saturated heterocycles. The van der Waals surface area contributed by atoms with Crippen molar-refractivity contribution in [2.45, 2.75) is 25.9 Å². The highest BCUT2D eigenvalue weighted by Gasteiger charge is 2.16. The number of nitrogens with zero attached hydrogens (tertiary/aromatic N) is 1. The smallest absolute Gasteiger partial charge is 0.320 e. The van der Waals surface area contributed by atoms with E-state index in [1.54, 1.807) is 13.2 Å². The fraction of sp³-hybridized carbons (Fsp3) is 0.750. The zero-order valence-electron chi connectivity index (χ0n) is 7.28. The normalized spacial score (nSPS) is 14.8. The third kappa shape index (κ3) is 3.94. The Bertz CT molecular complexity index is 185. The monoisotopic (exact) mass is 171 g/mol. The molecule has 68 valence electrons. The van der Waals surface area contributed by atoms with Crippen molar-refractivity contribution in [2.24, 2.45) is 5.92 Å². The van der Waals surface area contributed by atoms with Gasteiger partial charge in [-0.3, -0.25) is 4.79 Å². The molecule has 1 N–H and O–H groups in total. The van der Waals surface area contributed by atoms with Crippen molar-refractivity contribution >= 4 is 5.97 Å². The summed E-state index contributed by atoms with van der Waals surface area (Å²) < 4.78 is 4.92. The quantitative estimate of drug-likeness (QED) is 0.670. The van der Waals surface area contributed by atoms with Gasteiger partial charge >= 0.3 is 5.97 Å². The molecule has 2 unspecified atom stereocenters. The summed E-state index contributed by atoms with van der Waals surface area (Å²) >= 11 is 0. The maximum Gasteiger partial charge on any atom is 0.320 e. The maximum atomic E-state index is 10.4. The fourth-order valence-electron chi connectivity index (χ4n) is 0.762. The summed E-state index contributed by atoms with van der Waals surface area (Å²) in [6.45, 7) is 1.84. The van der Waals surface area contributed by atoms with Crippen molar-refractivity contribution < 1.29 is 14.6 Å². The lowest BCUT2D eigenvalue weighted by molar-refractivity contribution is -0.140. The first-order chi connectivity index (χ1) is 5.61. The van der Waals surface area contributed by atoms with E-state index < -0.39 is 11.9 Å². The molecule has 2 atom stereocenters. The van der Waals surface area contributed by atoms with E-state index in [2.05, 4.69) is 0 Å². The van der Waals surface area contributed by atoms with Gasteiger partial charge in [0.1, 0.15) is 5.92 Å². The third-order valence-corrected chi connectivity index (χ3v) is 1.72. The standard InChI is InChI=1S/C8H13NO3/c1-6(12-2)3-4-7(5-9)8(10)11/h6-7H,3-4H2,1-2H3,(H,10,11). The maximum absolute atomic E-state index is 10.4. The van der Waals surface area contributed by atoms with Crippen LogP contribution in [0, 0.1) is 17.2 Å². The van der Waals surface area contributed by atoms with Crippen LogP contribution in [0.3, 0.4) is 0 Å². The molecular formula is C8H13NO3. The molecular weight excluding hydrogens is 158 g/mol. The molecule has 0 rings (SSSR count). The van der Waals surface area contributed by atoms with Gasteiger partial charge in [0.05, 0.1) is 12.2 Å². The van der Waals surface area contributed by atoms with Gasteiger partial charge < -0.3 is 9.84 Å². The number of hydrogen-bond donors (Lipinski definition) is 1. The summed E-state index contributed by atoms with van der Waals surface area (Å²) in [4.78, 5) is 10.4. The topological polar surface area (TPSA) is 70.3 Å². The van der Waals surface area contributed by atoms with Gasteiger partial charge in [0.25, 0.3) is 0 Å². The van der Waals surface area contributed by atoms with Gasteiger partial charge in [-0.1, -0.05) is 0 Å². The molecule has 0 aliphatic rings. The van der Waals surface area contributed by atoms with Crippen molar-refractivity contribution in [1.29, 1.82) is 5.26 Å². The first kappa shape index (κ1) is 10.9. The zero-order valence-corrected chi connectivity index (χ0v) is 7.28. The molecule has 0 amide bonds. The highest BCUT2D eigenvalue weighted by molar-refractivity contribution is 5.72. The number of hydrogen-bond acceptors (Lipinski definition) is 3. The number of carboxylic acid groups (broad SMARTS) is 1. The van der Waals surface area contributed by atoms with Crippen molar-refractivity contribution in [2.75, 3.05) is 7.11 Å². The Hall–Kier alpha value is -1.08. The molecule has 0 bridgehead atoms. The van der Waals surface area contributed by atoms with E-state index in [0.717, 1.165) is 0 Å². The van der Waals surface area contributed by atoms with E-state index in [1.165, 1.54) is 0 Å². The summed E-state index contributed by atoms with van der Waals surface area (Å²) in [6, 6.07) is 1.73. The summed E-state index contributed by atoms with van der Waals surface area (Å²) in [7, 11) is 1.56. The summed E-state index contributed by atoms with van der Waals surface area (Å²) in [5.74, 6) is -1.96. The van der Waals surface area contributed by atoms with Crippen LogP contribution in [0.25, 0.3) is 0 Å². The minimum atomic E-state index is -1.05. The largest absolute Gasteiger partial charge is 0.480 e. The van der Waals surface area contributed by atoms with Gasteiger partial charge in [-0.25, -0.2) is 0 Å². The lowest BCUT2D eigenvalue weighted by Gasteiger charge is -2.09. The molecule has 0 saturated carbocycles. The summed E-state index contributed by atoms with van der Waals surface area (Å²) in [6.07, 6.45) is 0.960. The van der Waals surface area contributed by atoms with Gasteiger partial charge in [-0.15, -0.1) is 0 Å². The Morgan fingerprint density at radius 1 is 1.67 bits per heavy atom. The van der Waals surface area contributed by atoms with Gasteiger partial charge in [-0.05, 0) is 19.8 Å². The molecule has 0 aliphatic carbocycles. The van der Waals surface area contributed by atoms with Crippen molar-refractivity contribution in [3.63, 3.8) is 0 Å². The van der Waals surface area contributed by atoms with Gasteiger partial charge in [0, 0.05) is 7.11 Å². The predicted octanol–water partition coefficient (Wildman–Crippen LogP) is 1.03.